The summed E-state index contributed by atoms with van der Waals surface area (Å²) in [5.74, 6) is 3.72. The zero-order valence-corrected chi connectivity index (χ0v) is 12.4. The monoisotopic (exact) mass is 294 g/mol. The minimum Gasteiger partial charge on any atom is -0.497 e. The van der Waals surface area contributed by atoms with Crippen molar-refractivity contribution >= 4 is 11.8 Å². The van der Waals surface area contributed by atoms with Gasteiger partial charge in [0.2, 0.25) is 11.7 Å². The smallest absolute Gasteiger partial charge is 0.236 e. The lowest BCUT2D eigenvalue weighted by molar-refractivity contribution is 0.250. The molecule has 0 saturated carbocycles. The summed E-state index contributed by atoms with van der Waals surface area (Å²) in [4.78, 5) is 4.36. The Morgan fingerprint density at radius 2 is 2.30 bits per heavy atom. The van der Waals surface area contributed by atoms with E-state index in [9.17, 15) is 0 Å². The molecule has 1 atom stereocenters. The second-order valence-corrected chi connectivity index (χ2v) is 5.58. The van der Waals surface area contributed by atoms with E-state index >= 15 is 0 Å². The predicted molar refractivity (Wildman–Crippen MR) is 78.7 cm³/mol. The summed E-state index contributed by atoms with van der Waals surface area (Å²) in [6, 6.07) is 7.55. The Labute approximate surface area is 122 Å². The van der Waals surface area contributed by atoms with Crippen molar-refractivity contribution in [1.29, 1.82) is 0 Å². The molecule has 1 aromatic heterocycles. The normalized spacial score (nSPS) is 12.3. The number of ether oxygens (including phenoxy) is 1. The van der Waals surface area contributed by atoms with Crippen LogP contribution in [0.5, 0.6) is 5.75 Å². The molecule has 1 aromatic carbocycles. The predicted octanol–water partition coefficient (Wildman–Crippen LogP) is 2.61. The lowest BCUT2D eigenvalue weighted by atomic mass is 10.2. The molecule has 2 rings (SSSR count). The summed E-state index contributed by atoms with van der Waals surface area (Å²) in [6.07, 6.45) is 0. The van der Waals surface area contributed by atoms with Crippen LogP contribution in [0, 0.1) is 5.92 Å². The lowest BCUT2D eigenvalue weighted by Gasteiger charge is -2.04. The van der Waals surface area contributed by atoms with Crippen LogP contribution in [-0.2, 0) is 5.75 Å². The van der Waals surface area contributed by atoms with Gasteiger partial charge in [-0.1, -0.05) is 24.2 Å². The number of benzene rings is 1. The summed E-state index contributed by atoms with van der Waals surface area (Å²) < 4.78 is 10.4. The number of aromatic nitrogens is 2. The molecule has 6 heteroatoms. The van der Waals surface area contributed by atoms with Crippen LogP contribution in [-0.4, -0.2) is 34.7 Å². The Morgan fingerprint density at radius 1 is 1.45 bits per heavy atom. The van der Waals surface area contributed by atoms with Crippen LogP contribution in [0.4, 0.5) is 0 Å². The number of nitrogens with zero attached hydrogens (tertiary/aromatic N) is 2. The number of thioether (sulfide) groups is 1. The molecule has 1 unspecified atom stereocenters. The standard InChI is InChI=1S/C14H18N2O3S/c1-10(7-17)8-20-9-13-15-14(16-19-13)11-4-3-5-12(6-11)18-2/h3-6,10,17H,7-9H2,1-2H3. The second-order valence-electron chi connectivity index (χ2n) is 4.55. The van der Waals surface area contributed by atoms with Crippen LogP contribution < -0.4 is 4.74 Å². The first-order valence-corrected chi connectivity index (χ1v) is 7.54. The van der Waals surface area contributed by atoms with Crippen molar-refractivity contribution in [1.82, 2.24) is 10.1 Å². The van der Waals surface area contributed by atoms with Gasteiger partial charge in [-0.25, -0.2) is 0 Å². The first kappa shape index (κ1) is 14.9. The van der Waals surface area contributed by atoms with E-state index in [1.807, 2.05) is 31.2 Å². The van der Waals surface area contributed by atoms with E-state index in [0.717, 1.165) is 17.1 Å². The van der Waals surface area contributed by atoms with E-state index in [2.05, 4.69) is 10.1 Å². The van der Waals surface area contributed by atoms with Gasteiger partial charge in [-0.2, -0.15) is 16.7 Å². The molecule has 0 aliphatic heterocycles. The fourth-order valence-corrected chi connectivity index (χ4v) is 2.51. The largest absolute Gasteiger partial charge is 0.497 e. The van der Waals surface area contributed by atoms with E-state index in [1.165, 1.54) is 0 Å². The van der Waals surface area contributed by atoms with Crippen LogP contribution in [0.1, 0.15) is 12.8 Å². The van der Waals surface area contributed by atoms with Gasteiger partial charge in [0, 0.05) is 12.2 Å². The average Bonchev–Trinajstić information content (AvgIpc) is 2.96. The van der Waals surface area contributed by atoms with Crippen LogP contribution in [0.25, 0.3) is 11.4 Å². The van der Waals surface area contributed by atoms with Gasteiger partial charge in [0.1, 0.15) is 5.75 Å². The van der Waals surface area contributed by atoms with Gasteiger partial charge in [0.15, 0.2) is 0 Å². The molecule has 0 aliphatic rings. The molecule has 2 aromatic rings. The third kappa shape index (κ3) is 3.98. The molecule has 0 amide bonds. The highest BCUT2D eigenvalue weighted by atomic mass is 32.2. The highest BCUT2D eigenvalue weighted by Gasteiger charge is 2.10. The third-order valence-electron chi connectivity index (χ3n) is 2.74. The molecule has 0 saturated heterocycles. The molecule has 0 aliphatic carbocycles. The molecule has 0 fully saturated rings. The first-order valence-electron chi connectivity index (χ1n) is 6.38. The van der Waals surface area contributed by atoms with Gasteiger partial charge in [-0.05, 0) is 23.8 Å². The Bertz CT molecular complexity index is 545. The van der Waals surface area contributed by atoms with Crippen molar-refractivity contribution in [2.75, 3.05) is 19.5 Å². The Morgan fingerprint density at radius 3 is 3.05 bits per heavy atom. The van der Waals surface area contributed by atoms with Gasteiger partial charge >= 0.3 is 0 Å². The highest BCUT2D eigenvalue weighted by Crippen LogP contribution is 2.22. The minimum absolute atomic E-state index is 0.200. The fourth-order valence-electron chi connectivity index (χ4n) is 1.59. The summed E-state index contributed by atoms with van der Waals surface area (Å²) in [5.41, 5.74) is 0.869. The summed E-state index contributed by atoms with van der Waals surface area (Å²) in [5, 5.41) is 12.9. The van der Waals surface area contributed by atoms with Crippen molar-refractivity contribution in [2.24, 2.45) is 5.92 Å². The molecule has 5 nitrogen and oxygen atoms in total. The van der Waals surface area contributed by atoms with E-state index in [0.29, 0.717) is 17.5 Å². The van der Waals surface area contributed by atoms with Crippen molar-refractivity contribution in [3.05, 3.63) is 30.2 Å². The number of aliphatic hydroxyl groups is 1. The molecule has 0 bridgehead atoms. The van der Waals surface area contributed by atoms with Gasteiger partial charge < -0.3 is 14.4 Å². The maximum atomic E-state index is 8.96. The van der Waals surface area contributed by atoms with E-state index in [1.54, 1.807) is 18.9 Å². The van der Waals surface area contributed by atoms with E-state index in [4.69, 9.17) is 14.4 Å². The quantitative estimate of drug-likeness (QED) is 0.846. The van der Waals surface area contributed by atoms with Crippen molar-refractivity contribution in [3.63, 3.8) is 0 Å². The topological polar surface area (TPSA) is 68.4 Å². The molecule has 1 heterocycles. The SMILES string of the molecule is COc1cccc(-c2noc(CSCC(C)CO)n2)c1. The van der Waals surface area contributed by atoms with Crippen LogP contribution in [0.3, 0.4) is 0 Å². The molecular weight excluding hydrogens is 276 g/mol. The maximum absolute atomic E-state index is 8.96. The van der Waals surface area contributed by atoms with E-state index < -0.39 is 0 Å². The minimum atomic E-state index is 0.200. The van der Waals surface area contributed by atoms with Crippen molar-refractivity contribution in [2.45, 2.75) is 12.7 Å². The zero-order valence-electron chi connectivity index (χ0n) is 11.6. The number of methoxy groups -OCH3 is 1. The summed E-state index contributed by atoms with van der Waals surface area (Å²) >= 11 is 1.67. The first-order chi connectivity index (χ1) is 9.72. The summed E-state index contributed by atoms with van der Waals surface area (Å²) in [7, 11) is 1.62. The molecule has 0 radical (unpaired) electrons. The van der Waals surface area contributed by atoms with Gasteiger partial charge in [0.05, 0.1) is 12.9 Å². The second kappa shape index (κ2) is 7.31. The van der Waals surface area contributed by atoms with E-state index in [-0.39, 0.29) is 12.5 Å². The van der Waals surface area contributed by atoms with Crippen molar-refractivity contribution in [3.8, 4) is 17.1 Å². The number of rotatable bonds is 7. The fraction of sp³-hybridized carbons (Fsp3) is 0.429. The van der Waals surface area contributed by atoms with Crippen LogP contribution in [0.2, 0.25) is 0 Å². The lowest BCUT2D eigenvalue weighted by Crippen LogP contribution is -2.03. The zero-order chi connectivity index (χ0) is 14.4. The molecule has 20 heavy (non-hydrogen) atoms. The van der Waals surface area contributed by atoms with Gasteiger partial charge in [0.25, 0.3) is 0 Å². The average molecular weight is 294 g/mol. The number of aliphatic hydroxyl groups excluding tert-OH is 1. The Balaban J connectivity index is 1.97. The molecule has 108 valence electrons. The Hall–Kier alpha value is -1.53. The molecule has 0 spiro atoms. The third-order valence-corrected chi connectivity index (χ3v) is 3.99. The summed E-state index contributed by atoms with van der Waals surface area (Å²) in [6.45, 7) is 2.20. The number of hydrogen-bond acceptors (Lipinski definition) is 6. The maximum Gasteiger partial charge on any atom is 0.236 e. The van der Waals surface area contributed by atoms with Crippen LogP contribution in [0.15, 0.2) is 28.8 Å². The van der Waals surface area contributed by atoms with Crippen LogP contribution >= 0.6 is 11.8 Å². The van der Waals surface area contributed by atoms with Gasteiger partial charge in [-0.3, -0.25) is 0 Å². The molecular formula is C14H18N2O3S. The Kier molecular flexibility index (Phi) is 5.43. The molecule has 1 N–H and O–H groups in total. The van der Waals surface area contributed by atoms with Gasteiger partial charge in [-0.15, -0.1) is 0 Å². The van der Waals surface area contributed by atoms with Crippen molar-refractivity contribution < 1.29 is 14.4 Å². The number of hydrogen-bond donors (Lipinski definition) is 1. The highest BCUT2D eigenvalue weighted by molar-refractivity contribution is 7.98.